The Hall–Kier alpha value is -7.47. The van der Waals surface area contributed by atoms with E-state index in [9.17, 15) is 24.4 Å². The van der Waals surface area contributed by atoms with Gasteiger partial charge in [-0.2, -0.15) is 5.26 Å². The lowest BCUT2D eigenvalue weighted by molar-refractivity contribution is -0.136. The van der Waals surface area contributed by atoms with Gasteiger partial charge in [-0.05, 0) is 70.3 Å². The standard InChI is InChI=1S/C48H51N9O6/c1-28(2)41(54-47(60)62-5)45(58)57-27-29(3)22-40(57)44-51-25-38(53-44)32-14-12-31(13-15-32)34-16-17-36-24-37(19-18-35(36)23-34)39-26-50-43(52-39)30(4)56(21-20-49)46(59)42(55-48(61)63-6)33-10-8-7-9-11-33/h7-19,23-26,28-30,40-42H,21-22,27H2,1-6H3,(H,50,52)(H,51,53)(H,54,60)(H,55,61)/t29-,30+,40+,41+,42-/m1/s1. The molecule has 0 aliphatic carbocycles. The molecule has 63 heavy (non-hydrogen) atoms. The maximum Gasteiger partial charge on any atom is 0.407 e. The van der Waals surface area contributed by atoms with Crippen molar-refractivity contribution in [2.45, 2.75) is 58.3 Å². The van der Waals surface area contributed by atoms with Gasteiger partial charge in [0.2, 0.25) is 5.91 Å². The molecule has 4 aromatic carbocycles. The number of amides is 4. The van der Waals surface area contributed by atoms with Crippen LogP contribution in [-0.2, 0) is 19.1 Å². The number of carbonyl (C=O) groups is 4. The number of ether oxygens (including phenoxy) is 2. The summed E-state index contributed by atoms with van der Waals surface area (Å²) in [6.07, 6.45) is 2.86. The van der Waals surface area contributed by atoms with Crippen molar-refractivity contribution in [3.63, 3.8) is 0 Å². The Labute approximate surface area is 365 Å². The van der Waals surface area contributed by atoms with Gasteiger partial charge < -0.3 is 39.9 Å². The van der Waals surface area contributed by atoms with Crippen LogP contribution in [-0.4, -0.2) is 87.1 Å². The molecule has 0 radical (unpaired) electrons. The van der Waals surface area contributed by atoms with Crippen molar-refractivity contribution in [2.24, 2.45) is 11.8 Å². The van der Waals surface area contributed by atoms with Crippen molar-refractivity contribution >= 4 is 34.8 Å². The van der Waals surface area contributed by atoms with Gasteiger partial charge in [0.1, 0.15) is 30.3 Å². The highest BCUT2D eigenvalue weighted by molar-refractivity contribution is 5.91. The molecule has 2 aromatic heterocycles. The van der Waals surface area contributed by atoms with Crippen LogP contribution in [0, 0.1) is 23.2 Å². The summed E-state index contributed by atoms with van der Waals surface area (Å²) in [4.78, 5) is 71.2. The second kappa shape index (κ2) is 19.1. The zero-order chi connectivity index (χ0) is 44.8. The molecular weight excluding hydrogens is 799 g/mol. The monoisotopic (exact) mass is 849 g/mol. The molecule has 4 N–H and O–H groups in total. The minimum Gasteiger partial charge on any atom is -0.453 e. The van der Waals surface area contributed by atoms with E-state index in [1.54, 1.807) is 43.6 Å². The quantitative estimate of drug-likeness (QED) is 0.0830. The Morgan fingerprint density at radius 2 is 1.41 bits per heavy atom. The Kier molecular flexibility index (Phi) is 13.2. The summed E-state index contributed by atoms with van der Waals surface area (Å²) in [5.41, 5.74) is 6.09. The van der Waals surface area contributed by atoms with E-state index in [-0.39, 0.29) is 30.3 Å². The number of likely N-dealkylation sites (tertiary alicyclic amines) is 1. The molecule has 0 unspecified atom stereocenters. The average Bonchev–Trinajstić information content (AvgIpc) is 4.09. The van der Waals surface area contributed by atoms with Crippen LogP contribution >= 0.6 is 0 Å². The van der Waals surface area contributed by atoms with Gasteiger partial charge in [0, 0.05) is 12.1 Å². The molecule has 3 heterocycles. The fraction of sp³-hybridized carbons (Fsp3) is 0.312. The zero-order valence-electron chi connectivity index (χ0n) is 36.1. The average molecular weight is 850 g/mol. The number of aromatic nitrogens is 4. The topological polar surface area (TPSA) is 198 Å². The number of methoxy groups -OCH3 is 2. The molecule has 7 rings (SSSR count). The summed E-state index contributed by atoms with van der Waals surface area (Å²) in [6, 6.07) is 28.9. The highest BCUT2D eigenvalue weighted by Gasteiger charge is 2.40. The third-order valence-electron chi connectivity index (χ3n) is 11.6. The molecule has 0 saturated carbocycles. The second-order valence-electron chi connectivity index (χ2n) is 16.2. The fourth-order valence-corrected chi connectivity index (χ4v) is 8.12. The van der Waals surface area contributed by atoms with E-state index in [1.165, 1.54) is 19.1 Å². The number of rotatable bonds is 13. The summed E-state index contributed by atoms with van der Waals surface area (Å²) in [5, 5.41) is 17.1. The molecule has 1 fully saturated rings. The zero-order valence-corrected chi connectivity index (χ0v) is 36.1. The molecule has 4 amide bonds. The third-order valence-corrected chi connectivity index (χ3v) is 11.6. The molecule has 6 aromatic rings. The fourth-order valence-electron chi connectivity index (χ4n) is 8.12. The van der Waals surface area contributed by atoms with Crippen molar-refractivity contribution in [1.29, 1.82) is 5.26 Å². The molecule has 1 aliphatic heterocycles. The number of aromatic amines is 2. The normalized spacial score (nSPS) is 16.2. The summed E-state index contributed by atoms with van der Waals surface area (Å²) in [5.74, 6) is 0.704. The number of nitrogens with one attached hydrogen (secondary N) is 4. The highest BCUT2D eigenvalue weighted by Crippen LogP contribution is 2.36. The molecule has 1 aliphatic rings. The van der Waals surface area contributed by atoms with Crippen molar-refractivity contribution in [1.82, 2.24) is 40.4 Å². The van der Waals surface area contributed by atoms with Gasteiger partial charge in [-0.3, -0.25) is 9.59 Å². The lowest BCUT2D eigenvalue weighted by atomic mass is 9.98. The largest absolute Gasteiger partial charge is 0.453 e. The molecule has 15 nitrogen and oxygen atoms in total. The van der Waals surface area contributed by atoms with Gasteiger partial charge in [-0.1, -0.05) is 99.6 Å². The van der Waals surface area contributed by atoms with Crippen LogP contribution in [0.5, 0.6) is 0 Å². The number of benzene rings is 4. The Morgan fingerprint density at radius 1 is 0.810 bits per heavy atom. The van der Waals surface area contributed by atoms with E-state index in [0.717, 1.165) is 50.8 Å². The molecule has 0 spiro atoms. The van der Waals surface area contributed by atoms with Crippen LogP contribution in [0.4, 0.5) is 9.59 Å². The SMILES string of the molecule is COC(=O)N[C@H](C(=O)N1C[C@H](C)C[C@H]1c1ncc(-c2ccc(-c3ccc4cc(-c5cnc([C@H](C)N(CC#N)C(=O)[C@H](NC(=O)OC)c6ccccc6)[nH]5)ccc4c3)cc2)[nH]1)C(C)C. The lowest BCUT2D eigenvalue weighted by Crippen LogP contribution is -2.51. The first-order valence-corrected chi connectivity index (χ1v) is 20.9. The van der Waals surface area contributed by atoms with Crippen LogP contribution in [0.1, 0.15) is 69.5 Å². The third kappa shape index (κ3) is 9.55. The minimum absolute atomic E-state index is 0.125. The van der Waals surface area contributed by atoms with Crippen LogP contribution < -0.4 is 10.6 Å². The van der Waals surface area contributed by atoms with E-state index < -0.39 is 36.2 Å². The molecular formula is C48H51N9O6. The first-order chi connectivity index (χ1) is 30.4. The van der Waals surface area contributed by atoms with Crippen molar-refractivity contribution in [2.75, 3.05) is 27.3 Å². The first kappa shape index (κ1) is 43.6. The predicted molar refractivity (Wildman–Crippen MR) is 237 cm³/mol. The van der Waals surface area contributed by atoms with Crippen LogP contribution in [0.15, 0.2) is 103 Å². The molecule has 1 saturated heterocycles. The van der Waals surface area contributed by atoms with E-state index in [4.69, 9.17) is 14.5 Å². The van der Waals surface area contributed by atoms with Gasteiger partial charge in [0.15, 0.2) is 0 Å². The van der Waals surface area contributed by atoms with Crippen LogP contribution in [0.2, 0.25) is 0 Å². The molecule has 15 heteroatoms. The highest BCUT2D eigenvalue weighted by atomic mass is 16.5. The van der Waals surface area contributed by atoms with Crippen molar-refractivity contribution in [3.8, 4) is 39.7 Å². The number of H-pyrrole nitrogens is 2. The molecule has 0 bridgehead atoms. The number of nitriles is 1. The van der Waals surface area contributed by atoms with Crippen molar-refractivity contribution < 1.29 is 28.7 Å². The van der Waals surface area contributed by atoms with E-state index in [2.05, 4.69) is 93.2 Å². The number of carbonyl (C=O) groups excluding carboxylic acids is 4. The van der Waals surface area contributed by atoms with Gasteiger partial charge in [-0.25, -0.2) is 19.6 Å². The number of fused-ring (bicyclic) bond motifs is 1. The smallest absolute Gasteiger partial charge is 0.407 e. The predicted octanol–water partition coefficient (Wildman–Crippen LogP) is 8.09. The first-order valence-electron chi connectivity index (χ1n) is 20.9. The number of imidazole rings is 2. The summed E-state index contributed by atoms with van der Waals surface area (Å²) >= 11 is 0. The summed E-state index contributed by atoms with van der Waals surface area (Å²) < 4.78 is 9.57. The Balaban J connectivity index is 1.04. The van der Waals surface area contributed by atoms with Gasteiger partial charge >= 0.3 is 12.2 Å². The van der Waals surface area contributed by atoms with Crippen molar-refractivity contribution in [3.05, 3.63) is 121 Å². The maximum absolute atomic E-state index is 13.9. The number of alkyl carbamates (subject to hydrolysis) is 2. The van der Waals surface area contributed by atoms with Crippen LogP contribution in [0.3, 0.4) is 0 Å². The lowest BCUT2D eigenvalue weighted by Gasteiger charge is -2.30. The number of hydrogen-bond acceptors (Lipinski definition) is 9. The Morgan fingerprint density at radius 3 is 2.08 bits per heavy atom. The van der Waals surface area contributed by atoms with Gasteiger partial charge in [0.25, 0.3) is 5.91 Å². The molecule has 324 valence electrons. The maximum atomic E-state index is 13.9. The van der Waals surface area contributed by atoms with Gasteiger partial charge in [0.05, 0.1) is 56.2 Å². The molecule has 5 atom stereocenters. The van der Waals surface area contributed by atoms with Crippen LogP contribution in [0.25, 0.3) is 44.4 Å². The number of nitrogens with zero attached hydrogens (tertiary/aromatic N) is 5. The second-order valence-corrected chi connectivity index (χ2v) is 16.2. The van der Waals surface area contributed by atoms with E-state index in [0.29, 0.717) is 23.8 Å². The van der Waals surface area contributed by atoms with E-state index >= 15 is 0 Å². The minimum atomic E-state index is -1.07. The summed E-state index contributed by atoms with van der Waals surface area (Å²) in [6.45, 7) is 8.03. The number of hydrogen-bond donors (Lipinski definition) is 4. The van der Waals surface area contributed by atoms with Gasteiger partial charge in [-0.15, -0.1) is 0 Å². The van der Waals surface area contributed by atoms with E-state index in [1.807, 2.05) is 30.9 Å². The Bertz CT molecular complexity index is 2630. The summed E-state index contributed by atoms with van der Waals surface area (Å²) in [7, 11) is 2.51.